The van der Waals surface area contributed by atoms with Crippen molar-refractivity contribution in [3.8, 4) is 0 Å². The molecule has 0 unspecified atom stereocenters. The van der Waals surface area contributed by atoms with E-state index in [4.69, 9.17) is 0 Å². The molecule has 3 aromatic rings. The molecular weight excluding hydrogens is 368 g/mol. The maximum absolute atomic E-state index is 12.1. The molecule has 1 aromatic heterocycles. The van der Waals surface area contributed by atoms with E-state index < -0.39 is 0 Å². The Balaban J connectivity index is 1.58. The zero-order valence-electron chi connectivity index (χ0n) is 13.2. The molecule has 3 rings (SSSR count). The smallest absolute Gasteiger partial charge is 0.251 e. The van der Waals surface area contributed by atoms with Crippen molar-refractivity contribution in [2.45, 2.75) is 6.92 Å². The number of anilines is 1. The molecule has 1 heterocycles. The van der Waals surface area contributed by atoms with E-state index in [1.807, 2.05) is 49.4 Å². The first-order chi connectivity index (χ1) is 11.6. The van der Waals surface area contributed by atoms with Gasteiger partial charge < -0.3 is 10.6 Å². The number of benzene rings is 2. The van der Waals surface area contributed by atoms with Crippen molar-refractivity contribution >= 4 is 38.6 Å². The summed E-state index contributed by atoms with van der Waals surface area (Å²) >= 11 is 3.46. The molecule has 0 saturated carbocycles. The number of halogens is 1. The van der Waals surface area contributed by atoms with Crippen LogP contribution >= 0.6 is 15.9 Å². The second kappa shape index (κ2) is 7.40. The second-order valence-electron chi connectivity index (χ2n) is 5.43. The molecule has 5 nitrogen and oxygen atoms in total. The fourth-order valence-corrected chi connectivity index (χ4v) is 2.69. The van der Waals surface area contributed by atoms with Gasteiger partial charge in [0.15, 0.2) is 0 Å². The number of carbonyl (C=O) groups excluding carboxylic acids is 1. The third-order valence-corrected chi connectivity index (χ3v) is 4.11. The van der Waals surface area contributed by atoms with Crippen LogP contribution in [0.4, 0.5) is 5.82 Å². The summed E-state index contributed by atoms with van der Waals surface area (Å²) in [6.07, 6.45) is 1.53. The minimum atomic E-state index is -0.0768. The number of aryl methyl sites for hydroxylation is 1. The molecule has 122 valence electrons. The molecule has 0 spiro atoms. The lowest BCUT2D eigenvalue weighted by Gasteiger charge is -2.09. The fraction of sp³-hybridized carbons (Fsp3) is 0.167. The highest BCUT2D eigenvalue weighted by atomic mass is 79.9. The van der Waals surface area contributed by atoms with Crippen LogP contribution in [-0.2, 0) is 0 Å². The Hall–Kier alpha value is -2.47. The van der Waals surface area contributed by atoms with Crippen molar-refractivity contribution in [1.82, 2.24) is 15.3 Å². The molecule has 0 aliphatic carbocycles. The minimum absolute atomic E-state index is 0.0768. The Bertz CT molecular complexity index is 865. The van der Waals surface area contributed by atoms with Gasteiger partial charge in [-0.1, -0.05) is 33.6 Å². The molecule has 2 aromatic carbocycles. The molecule has 0 bridgehead atoms. The number of hydrogen-bond donors (Lipinski definition) is 2. The van der Waals surface area contributed by atoms with E-state index in [2.05, 4.69) is 36.5 Å². The van der Waals surface area contributed by atoms with Crippen LogP contribution in [-0.4, -0.2) is 29.0 Å². The molecule has 0 radical (unpaired) electrons. The summed E-state index contributed by atoms with van der Waals surface area (Å²) in [5.74, 6) is 0.679. The zero-order valence-corrected chi connectivity index (χ0v) is 14.8. The van der Waals surface area contributed by atoms with E-state index in [0.717, 1.165) is 26.8 Å². The SMILES string of the molecule is Cc1ccc(C(=O)NCCNc2ncnc3ccc(Br)cc23)cc1. The topological polar surface area (TPSA) is 66.9 Å². The highest BCUT2D eigenvalue weighted by Gasteiger charge is 2.06. The molecule has 0 aliphatic heterocycles. The third-order valence-electron chi connectivity index (χ3n) is 3.61. The monoisotopic (exact) mass is 384 g/mol. The summed E-state index contributed by atoms with van der Waals surface area (Å²) in [6, 6.07) is 13.4. The van der Waals surface area contributed by atoms with E-state index in [9.17, 15) is 4.79 Å². The summed E-state index contributed by atoms with van der Waals surface area (Å²) in [6.45, 7) is 3.08. The number of fused-ring (bicyclic) bond motifs is 1. The summed E-state index contributed by atoms with van der Waals surface area (Å²) in [4.78, 5) is 20.6. The average molecular weight is 385 g/mol. The average Bonchev–Trinajstić information content (AvgIpc) is 2.59. The molecule has 0 saturated heterocycles. The van der Waals surface area contributed by atoms with Gasteiger partial charge in [-0.25, -0.2) is 9.97 Å². The molecule has 1 amide bonds. The highest BCUT2D eigenvalue weighted by Crippen LogP contribution is 2.22. The first kappa shape index (κ1) is 16.4. The number of nitrogens with one attached hydrogen (secondary N) is 2. The van der Waals surface area contributed by atoms with Gasteiger partial charge in [-0.2, -0.15) is 0 Å². The normalized spacial score (nSPS) is 10.6. The number of aromatic nitrogens is 2. The van der Waals surface area contributed by atoms with Crippen LogP contribution in [0.15, 0.2) is 53.3 Å². The Morgan fingerprint density at radius 3 is 2.67 bits per heavy atom. The maximum atomic E-state index is 12.1. The molecular formula is C18H17BrN4O. The molecule has 0 atom stereocenters. The number of hydrogen-bond acceptors (Lipinski definition) is 4. The lowest BCUT2D eigenvalue weighted by atomic mass is 10.1. The summed E-state index contributed by atoms with van der Waals surface area (Å²) in [7, 11) is 0. The predicted octanol–water partition coefficient (Wildman–Crippen LogP) is 3.54. The van der Waals surface area contributed by atoms with Gasteiger partial charge in [0.2, 0.25) is 0 Å². The zero-order chi connectivity index (χ0) is 16.9. The highest BCUT2D eigenvalue weighted by molar-refractivity contribution is 9.10. The van der Waals surface area contributed by atoms with Gasteiger partial charge in [0, 0.05) is 28.5 Å². The van der Waals surface area contributed by atoms with Gasteiger partial charge in [0.05, 0.1) is 5.52 Å². The minimum Gasteiger partial charge on any atom is -0.368 e. The Morgan fingerprint density at radius 2 is 1.88 bits per heavy atom. The Kier molecular flexibility index (Phi) is 5.05. The van der Waals surface area contributed by atoms with Crippen LogP contribution < -0.4 is 10.6 Å². The van der Waals surface area contributed by atoms with Crippen molar-refractivity contribution < 1.29 is 4.79 Å². The van der Waals surface area contributed by atoms with Gasteiger partial charge in [0.25, 0.3) is 5.91 Å². The standard InChI is InChI=1S/C18H17BrN4O/c1-12-2-4-13(5-3-12)18(24)21-9-8-20-17-15-10-14(19)6-7-16(15)22-11-23-17/h2-7,10-11H,8-9H2,1H3,(H,21,24)(H,20,22,23). The van der Waals surface area contributed by atoms with Gasteiger partial charge in [0.1, 0.15) is 12.1 Å². The summed E-state index contributed by atoms with van der Waals surface area (Å²) < 4.78 is 0.973. The van der Waals surface area contributed by atoms with Crippen LogP contribution in [0.1, 0.15) is 15.9 Å². The van der Waals surface area contributed by atoms with Crippen molar-refractivity contribution in [2.75, 3.05) is 18.4 Å². The molecule has 2 N–H and O–H groups in total. The molecule has 6 heteroatoms. The predicted molar refractivity (Wildman–Crippen MR) is 99.2 cm³/mol. The summed E-state index contributed by atoms with van der Waals surface area (Å²) in [5.41, 5.74) is 2.67. The van der Waals surface area contributed by atoms with E-state index in [1.165, 1.54) is 6.33 Å². The van der Waals surface area contributed by atoms with Gasteiger partial charge >= 0.3 is 0 Å². The number of nitrogens with zero attached hydrogens (tertiary/aromatic N) is 2. The molecule has 24 heavy (non-hydrogen) atoms. The third kappa shape index (κ3) is 3.89. The van der Waals surface area contributed by atoms with Crippen molar-refractivity contribution in [3.05, 3.63) is 64.4 Å². The summed E-state index contributed by atoms with van der Waals surface area (Å²) in [5, 5.41) is 7.08. The number of amides is 1. The van der Waals surface area contributed by atoms with E-state index in [-0.39, 0.29) is 5.91 Å². The van der Waals surface area contributed by atoms with Gasteiger partial charge in [-0.15, -0.1) is 0 Å². The first-order valence-electron chi connectivity index (χ1n) is 7.62. The quantitative estimate of drug-likeness (QED) is 0.660. The molecule has 0 fully saturated rings. The largest absolute Gasteiger partial charge is 0.368 e. The van der Waals surface area contributed by atoms with Gasteiger partial charge in [-0.05, 0) is 37.3 Å². The van der Waals surface area contributed by atoms with Crippen LogP contribution in [0.25, 0.3) is 10.9 Å². The van der Waals surface area contributed by atoms with E-state index >= 15 is 0 Å². The van der Waals surface area contributed by atoms with E-state index in [0.29, 0.717) is 18.7 Å². The van der Waals surface area contributed by atoms with Crippen LogP contribution in [0.2, 0.25) is 0 Å². The first-order valence-corrected chi connectivity index (χ1v) is 8.42. The van der Waals surface area contributed by atoms with Gasteiger partial charge in [-0.3, -0.25) is 4.79 Å². The van der Waals surface area contributed by atoms with Crippen molar-refractivity contribution in [3.63, 3.8) is 0 Å². The molecule has 0 aliphatic rings. The van der Waals surface area contributed by atoms with Crippen molar-refractivity contribution in [2.24, 2.45) is 0 Å². The lowest BCUT2D eigenvalue weighted by Crippen LogP contribution is -2.28. The van der Waals surface area contributed by atoms with Crippen LogP contribution in [0.5, 0.6) is 0 Å². The van der Waals surface area contributed by atoms with Crippen LogP contribution in [0, 0.1) is 6.92 Å². The van der Waals surface area contributed by atoms with Crippen LogP contribution in [0.3, 0.4) is 0 Å². The Labute approximate surface area is 148 Å². The number of carbonyl (C=O) groups is 1. The number of rotatable bonds is 5. The lowest BCUT2D eigenvalue weighted by molar-refractivity contribution is 0.0955. The van der Waals surface area contributed by atoms with Crippen molar-refractivity contribution in [1.29, 1.82) is 0 Å². The second-order valence-corrected chi connectivity index (χ2v) is 6.35. The van der Waals surface area contributed by atoms with E-state index in [1.54, 1.807) is 0 Å². The maximum Gasteiger partial charge on any atom is 0.251 e. The Morgan fingerprint density at radius 1 is 1.08 bits per heavy atom. The fourth-order valence-electron chi connectivity index (χ4n) is 2.33.